The molecule has 1 aromatic rings. The summed E-state index contributed by atoms with van der Waals surface area (Å²) < 4.78 is 0. The van der Waals surface area contributed by atoms with E-state index in [1.54, 1.807) is 0 Å². The van der Waals surface area contributed by atoms with Crippen molar-refractivity contribution in [2.75, 3.05) is 20.1 Å². The predicted molar refractivity (Wildman–Crippen MR) is 82.4 cm³/mol. The highest BCUT2D eigenvalue weighted by Gasteiger charge is 2.18. The van der Waals surface area contributed by atoms with Crippen LogP contribution in [0.4, 0.5) is 0 Å². The lowest BCUT2D eigenvalue weighted by molar-refractivity contribution is 0.204. The van der Waals surface area contributed by atoms with E-state index in [0.717, 1.165) is 19.5 Å². The standard InChI is InChI=1S/C16H29N3/c1-5-11-18-16(6-2)14(3)19(4)13-10-15-9-7-8-12-17-15/h7-9,12,14,16,18H,5-6,10-11,13H2,1-4H3. The maximum Gasteiger partial charge on any atom is 0.0416 e. The number of hydrogen-bond acceptors (Lipinski definition) is 3. The fourth-order valence-electron chi connectivity index (χ4n) is 2.33. The Hall–Kier alpha value is -0.930. The van der Waals surface area contributed by atoms with E-state index in [0.29, 0.717) is 12.1 Å². The first-order chi connectivity index (χ1) is 9.19. The fraction of sp³-hybridized carbons (Fsp3) is 0.688. The van der Waals surface area contributed by atoms with E-state index in [-0.39, 0.29) is 0 Å². The Balaban J connectivity index is 2.40. The molecule has 3 heteroatoms. The molecule has 1 N–H and O–H groups in total. The van der Waals surface area contributed by atoms with Crippen molar-refractivity contribution < 1.29 is 0 Å². The van der Waals surface area contributed by atoms with Crippen LogP contribution in [0.2, 0.25) is 0 Å². The Bertz CT molecular complexity index is 326. The van der Waals surface area contributed by atoms with Gasteiger partial charge in [-0.25, -0.2) is 0 Å². The summed E-state index contributed by atoms with van der Waals surface area (Å²) in [6.07, 6.45) is 5.26. The number of pyridine rings is 1. The summed E-state index contributed by atoms with van der Waals surface area (Å²) in [6.45, 7) is 8.96. The molecule has 1 aromatic heterocycles. The summed E-state index contributed by atoms with van der Waals surface area (Å²) in [7, 11) is 2.21. The van der Waals surface area contributed by atoms with Crippen molar-refractivity contribution in [1.82, 2.24) is 15.2 Å². The summed E-state index contributed by atoms with van der Waals surface area (Å²) in [5.41, 5.74) is 1.18. The summed E-state index contributed by atoms with van der Waals surface area (Å²) >= 11 is 0. The minimum atomic E-state index is 0.556. The number of nitrogens with one attached hydrogen (secondary N) is 1. The van der Waals surface area contributed by atoms with Crippen molar-refractivity contribution in [3.8, 4) is 0 Å². The zero-order valence-electron chi connectivity index (χ0n) is 12.9. The molecule has 0 aliphatic heterocycles. The second kappa shape index (κ2) is 9.05. The third-order valence-corrected chi connectivity index (χ3v) is 3.82. The highest BCUT2D eigenvalue weighted by molar-refractivity contribution is 5.03. The van der Waals surface area contributed by atoms with E-state index in [4.69, 9.17) is 0 Å². The topological polar surface area (TPSA) is 28.2 Å². The molecule has 0 aliphatic rings. The normalized spacial score (nSPS) is 14.6. The molecule has 1 rings (SSSR count). The van der Waals surface area contributed by atoms with E-state index in [9.17, 15) is 0 Å². The van der Waals surface area contributed by atoms with Crippen molar-refractivity contribution in [3.05, 3.63) is 30.1 Å². The monoisotopic (exact) mass is 263 g/mol. The van der Waals surface area contributed by atoms with Crippen LogP contribution in [0.15, 0.2) is 24.4 Å². The molecule has 0 amide bonds. The third kappa shape index (κ3) is 5.70. The number of aromatic nitrogens is 1. The molecular weight excluding hydrogens is 234 g/mol. The van der Waals surface area contributed by atoms with Gasteiger partial charge >= 0.3 is 0 Å². The van der Waals surface area contributed by atoms with Crippen LogP contribution >= 0.6 is 0 Å². The van der Waals surface area contributed by atoms with Gasteiger partial charge in [0.15, 0.2) is 0 Å². The summed E-state index contributed by atoms with van der Waals surface area (Å²) in [4.78, 5) is 6.82. The van der Waals surface area contributed by atoms with Gasteiger partial charge in [-0.15, -0.1) is 0 Å². The van der Waals surface area contributed by atoms with Crippen LogP contribution < -0.4 is 5.32 Å². The van der Waals surface area contributed by atoms with Crippen LogP contribution in [0.5, 0.6) is 0 Å². The number of nitrogens with zero attached hydrogens (tertiary/aromatic N) is 2. The Labute approximate surface area is 118 Å². The Morgan fingerprint density at radius 2 is 2.11 bits per heavy atom. The molecule has 0 spiro atoms. The lowest BCUT2D eigenvalue weighted by atomic mass is 10.1. The molecule has 0 radical (unpaired) electrons. The second-order valence-corrected chi connectivity index (χ2v) is 5.26. The molecule has 0 bridgehead atoms. The van der Waals surface area contributed by atoms with Crippen molar-refractivity contribution in [2.45, 2.75) is 52.1 Å². The number of likely N-dealkylation sites (N-methyl/N-ethyl adjacent to an activating group) is 1. The van der Waals surface area contributed by atoms with Crippen molar-refractivity contribution in [2.24, 2.45) is 0 Å². The van der Waals surface area contributed by atoms with Gasteiger partial charge in [-0.2, -0.15) is 0 Å². The zero-order valence-corrected chi connectivity index (χ0v) is 12.9. The lowest BCUT2D eigenvalue weighted by Crippen LogP contribution is -2.47. The van der Waals surface area contributed by atoms with Crippen molar-refractivity contribution in [3.63, 3.8) is 0 Å². The first-order valence-corrected chi connectivity index (χ1v) is 7.52. The van der Waals surface area contributed by atoms with Crippen LogP contribution in [0.25, 0.3) is 0 Å². The SMILES string of the molecule is CCCNC(CC)C(C)N(C)CCc1ccccn1. The van der Waals surface area contributed by atoms with Crippen molar-refractivity contribution >= 4 is 0 Å². The van der Waals surface area contributed by atoms with E-state index in [1.165, 1.54) is 18.5 Å². The zero-order chi connectivity index (χ0) is 14.1. The molecule has 19 heavy (non-hydrogen) atoms. The van der Waals surface area contributed by atoms with Gasteiger partial charge < -0.3 is 10.2 Å². The second-order valence-electron chi connectivity index (χ2n) is 5.26. The molecule has 0 fully saturated rings. The summed E-state index contributed by atoms with van der Waals surface area (Å²) in [5, 5.41) is 3.64. The Morgan fingerprint density at radius 3 is 2.68 bits per heavy atom. The Morgan fingerprint density at radius 1 is 1.32 bits per heavy atom. The fourth-order valence-corrected chi connectivity index (χ4v) is 2.33. The van der Waals surface area contributed by atoms with Crippen LogP contribution in [0.3, 0.4) is 0 Å². The largest absolute Gasteiger partial charge is 0.312 e. The molecule has 0 saturated heterocycles. The maximum absolute atomic E-state index is 4.38. The molecular formula is C16H29N3. The van der Waals surface area contributed by atoms with Gasteiger partial charge in [-0.3, -0.25) is 4.98 Å². The van der Waals surface area contributed by atoms with Gasteiger partial charge in [0.2, 0.25) is 0 Å². The van der Waals surface area contributed by atoms with Crippen molar-refractivity contribution in [1.29, 1.82) is 0 Å². The van der Waals surface area contributed by atoms with Gasteiger partial charge in [0.1, 0.15) is 0 Å². The van der Waals surface area contributed by atoms with E-state index in [2.05, 4.69) is 55.2 Å². The molecule has 0 saturated carbocycles. The smallest absolute Gasteiger partial charge is 0.0416 e. The van der Waals surface area contributed by atoms with Gasteiger partial charge in [0.25, 0.3) is 0 Å². The van der Waals surface area contributed by atoms with Crippen LogP contribution in [-0.4, -0.2) is 42.1 Å². The minimum Gasteiger partial charge on any atom is -0.312 e. The molecule has 1 heterocycles. The van der Waals surface area contributed by atoms with Crippen LogP contribution in [0, 0.1) is 0 Å². The van der Waals surface area contributed by atoms with Gasteiger partial charge in [-0.05, 0) is 45.5 Å². The first-order valence-electron chi connectivity index (χ1n) is 7.52. The number of rotatable bonds is 9. The van der Waals surface area contributed by atoms with Crippen LogP contribution in [0.1, 0.15) is 39.3 Å². The van der Waals surface area contributed by atoms with E-state index >= 15 is 0 Å². The average Bonchev–Trinajstić information content (AvgIpc) is 2.46. The quantitative estimate of drug-likeness (QED) is 0.742. The molecule has 2 unspecified atom stereocenters. The number of hydrogen-bond donors (Lipinski definition) is 1. The third-order valence-electron chi connectivity index (χ3n) is 3.82. The summed E-state index contributed by atoms with van der Waals surface area (Å²) in [5.74, 6) is 0. The van der Waals surface area contributed by atoms with Crippen LogP contribution in [-0.2, 0) is 6.42 Å². The first kappa shape index (κ1) is 16.1. The molecule has 2 atom stereocenters. The highest BCUT2D eigenvalue weighted by Crippen LogP contribution is 2.07. The lowest BCUT2D eigenvalue weighted by Gasteiger charge is -2.32. The summed E-state index contributed by atoms with van der Waals surface area (Å²) in [6, 6.07) is 7.26. The highest BCUT2D eigenvalue weighted by atomic mass is 15.2. The average molecular weight is 263 g/mol. The molecule has 3 nitrogen and oxygen atoms in total. The van der Waals surface area contributed by atoms with Gasteiger partial charge in [-0.1, -0.05) is 19.9 Å². The van der Waals surface area contributed by atoms with E-state index in [1.807, 2.05) is 12.3 Å². The molecule has 0 aliphatic carbocycles. The van der Waals surface area contributed by atoms with Gasteiger partial charge in [0.05, 0.1) is 0 Å². The maximum atomic E-state index is 4.38. The molecule has 108 valence electrons. The minimum absolute atomic E-state index is 0.556. The van der Waals surface area contributed by atoms with E-state index < -0.39 is 0 Å². The predicted octanol–water partition coefficient (Wildman–Crippen LogP) is 2.72. The Kier molecular flexibility index (Phi) is 7.68. The molecule has 0 aromatic carbocycles. The van der Waals surface area contributed by atoms with Gasteiger partial charge in [0, 0.05) is 36.9 Å².